The summed E-state index contributed by atoms with van der Waals surface area (Å²) in [7, 11) is 0. The molecule has 0 aromatic heterocycles. The van der Waals surface area contributed by atoms with Gasteiger partial charge in [-0.25, -0.2) is 0 Å². The van der Waals surface area contributed by atoms with Crippen molar-refractivity contribution in [1.82, 2.24) is 15.5 Å². The van der Waals surface area contributed by atoms with Gasteiger partial charge in [0.05, 0.1) is 6.54 Å². The summed E-state index contributed by atoms with van der Waals surface area (Å²) in [6.07, 6.45) is 1.20. The van der Waals surface area contributed by atoms with Crippen LogP contribution in [0.25, 0.3) is 0 Å². The molecule has 6 heteroatoms. The normalized spacial score (nSPS) is 19.8. The van der Waals surface area contributed by atoms with Gasteiger partial charge in [0.25, 0.3) is 0 Å². The fourth-order valence-corrected chi connectivity index (χ4v) is 3.31. The van der Waals surface area contributed by atoms with Crippen LogP contribution in [-0.4, -0.2) is 60.5 Å². The highest BCUT2D eigenvalue weighted by Gasteiger charge is 2.21. The summed E-state index contributed by atoms with van der Waals surface area (Å²) >= 11 is 2.06. The topological polar surface area (TPSA) is 56.7 Å². The minimum absolute atomic E-state index is 0.0339. The van der Waals surface area contributed by atoms with Gasteiger partial charge in [-0.3, -0.25) is 9.79 Å². The molecule has 0 aromatic rings. The zero-order chi connectivity index (χ0) is 15.7. The molecule has 122 valence electrons. The van der Waals surface area contributed by atoms with Crippen LogP contribution in [0.2, 0.25) is 0 Å². The number of amides is 1. The third kappa shape index (κ3) is 6.59. The van der Waals surface area contributed by atoms with E-state index in [0.29, 0.717) is 18.3 Å². The Balaban J connectivity index is 2.47. The molecule has 1 aliphatic rings. The van der Waals surface area contributed by atoms with E-state index in [-0.39, 0.29) is 11.8 Å². The van der Waals surface area contributed by atoms with Gasteiger partial charge in [-0.1, -0.05) is 20.8 Å². The summed E-state index contributed by atoms with van der Waals surface area (Å²) in [6.45, 7) is 12.3. The molecule has 0 radical (unpaired) electrons. The van der Waals surface area contributed by atoms with Gasteiger partial charge in [0.2, 0.25) is 5.91 Å². The minimum atomic E-state index is 0.0339. The summed E-state index contributed by atoms with van der Waals surface area (Å²) in [5.74, 6) is 2.27. The number of nitrogens with zero attached hydrogens (tertiary/aromatic N) is 2. The largest absolute Gasteiger partial charge is 0.357 e. The fourth-order valence-electron chi connectivity index (χ4n) is 2.13. The third-order valence-electron chi connectivity index (χ3n) is 3.43. The highest BCUT2D eigenvalue weighted by molar-refractivity contribution is 8.00. The second kappa shape index (κ2) is 9.92. The molecule has 1 rings (SSSR count). The van der Waals surface area contributed by atoms with Crippen LogP contribution in [0.1, 0.15) is 34.1 Å². The Hall–Kier alpha value is -0.910. The number of rotatable bonds is 6. The SMILES string of the molecule is CCNC(=NCCNC(=O)C(C)C)N1CCSC(CC)C1. The molecule has 0 spiro atoms. The molecule has 1 unspecified atom stereocenters. The number of aliphatic imine (C=N–C) groups is 1. The van der Waals surface area contributed by atoms with Crippen molar-refractivity contribution >= 4 is 23.6 Å². The second-order valence-corrected chi connectivity index (χ2v) is 6.94. The van der Waals surface area contributed by atoms with Gasteiger partial charge >= 0.3 is 0 Å². The van der Waals surface area contributed by atoms with Crippen molar-refractivity contribution in [3.63, 3.8) is 0 Å². The summed E-state index contributed by atoms with van der Waals surface area (Å²) in [5, 5.41) is 6.97. The molecule has 1 fully saturated rings. The summed E-state index contributed by atoms with van der Waals surface area (Å²) < 4.78 is 0. The molecule has 1 aliphatic heterocycles. The van der Waals surface area contributed by atoms with Gasteiger partial charge in [-0.05, 0) is 13.3 Å². The average molecular weight is 314 g/mol. The predicted molar refractivity (Wildman–Crippen MR) is 91.9 cm³/mol. The molecule has 1 atom stereocenters. The fraction of sp³-hybridized carbons (Fsp3) is 0.867. The van der Waals surface area contributed by atoms with E-state index in [4.69, 9.17) is 0 Å². The van der Waals surface area contributed by atoms with E-state index in [1.54, 1.807) is 0 Å². The molecular weight excluding hydrogens is 284 g/mol. The molecule has 2 N–H and O–H groups in total. The molecule has 1 saturated heterocycles. The minimum Gasteiger partial charge on any atom is -0.357 e. The van der Waals surface area contributed by atoms with Crippen molar-refractivity contribution in [2.45, 2.75) is 39.4 Å². The number of guanidine groups is 1. The Bertz CT molecular complexity index is 347. The van der Waals surface area contributed by atoms with E-state index in [2.05, 4.69) is 46.1 Å². The first-order valence-corrected chi connectivity index (χ1v) is 9.05. The highest BCUT2D eigenvalue weighted by atomic mass is 32.2. The maximum Gasteiger partial charge on any atom is 0.222 e. The van der Waals surface area contributed by atoms with Gasteiger partial charge in [-0.15, -0.1) is 0 Å². The first kappa shape index (κ1) is 18.1. The molecule has 0 bridgehead atoms. The van der Waals surface area contributed by atoms with Crippen LogP contribution in [0.5, 0.6) is 0 Å². The number of nitrogens with one attached hydrogen (secondary N) is 2. The van der Waals surface area contributed by atoms with Gasteiger partial charge in [0, 0.05) is 43.1 Å². The lowest BCUT2D eigenvalue weighted by molar-refractivity contribution is -0.123. The number of carbonyl (C=O) groups is 1. The first-order chi connectivity index (χ1) is 10.1. The predicted octanol–water partition coefficient (Wildman–Crippen LogP) is 1.55. The zero-order valence-corrected chi connectivity index (χ0v) is 14.6. The van der Waals surface area contributed by atoms with Crippen LogP contribution >= 0.6 is 11.8 Å². The Morgan fingerprint density at radius 3 is 2.76 bits per heavy atom. The standard InChI is InChI=1S/C15H30N4OS/c1-5-13-11-19(9-10-21-13)15(16-6-2)18-8-7-17-14(20)12(3)4/h12-13H,5-11H2,1-4H3,(H,16,18)(H,17,20). The molecule has 0 aliphatic carbocycles. The van der Waals surface area contributed by atoms with E-state index in [9.17, 15) is 4.79 Å². The molecular formula is C15H30N4OS. The van der Waals surface area contributed by atoms with Crippen molar-refractivity contribution < 1.29 is 4.79 Å². The third-order valence-corrected chi connectivity index (χ3v) is 4.80. The smallest absolute Gasteiger partial charge is 0.222 e. The van der Waals surface area contributed by atoms with E-state index in [0.717, 1.165) is 31.3 Å². The lowest BCUT2D eigenvalue weighted by atomic mass is 10.2. The van der Waals surface area contributed by atoms with Crippen LogP contribution < -0.4 is 10.6 Å². The van der Waals surface area contributed by atoms with E-state index in [1.807, 2.05) is 13.8 Å². The summed E-state index contributed by atoms with van der Waals surface area (Å²) in [4.78, 5) is 18.5. The molecule has 21 heavy (non-hydrogen) atoms. The molecule has 0 saturated carbocycles. The maximum atomic E-state index is 11.5. The van der Waals surface area contributed by atoms with Crippen molar-refractivity contribution in [3.8, 4) is 0 Å². The number of hydrogen-bond donors (Lipinski definition) is 2. The van der Waals surface area contributed by atoms with Crippen molar-refractivity contribution in [1.29, 1.82) is 0 Å². The van der Waals surface area contributed by atoms with Crippen LogP contribution in [-0.2, 0) is 4.79 Å². The molecule has 1 heterocycles. The van der Waals surface area contributed by atoms with Gasteiger partial charge < -0.3 is 15.5 Å². The van der Waals surface area contributed by atoms with Crippen molar-refractivity contribution in [3.05, 3.63) is 0 Å². The number of carbonyl (C=O) groups excluding carboxylic acids is 1. The van der Waals surface area contributed by atoms with E-state index < -0.39 is 0 Å². The summed E-state index contributed by atoms with van der Waals surface area (Å²) in [6, 6.07) is 0. The van der Waals surface area contributed by atoms with Crippen LogP contribution in [0.3, 0.4) is 0 Å². The Morgan fingerprint density at radius 1 is 1.38 bits per heavy atom. The molecule has 0 aromatic carbocycles. The monoisotopic (exact) mass is 314 g/mol. The number of hydrogen-bond acceptors (Lipinski definition) is 3. The van der Waals surface area contributed by atoms with Gasteiger partial charge in [0.1, 0.15) is 0 Å². The Morgan fingerprint density at radius 2 is 2.14 bits per heavy atom. The van der Waals surface area contributed by atoms with Crippen LogP contribution in [0.4, 0.5) is 0 Å². The van der Waals surface area contributed by atoms with Crippen molar-refractivity contribution in [2.24, 2.45) is 10.9 Å². The van der Waals surface area contributed by atoms with Crippen LogP contribution in [0, 0.1) is 5.92 Å². The average Bonchev–Trinajstić information content (AvgIpc) is 2.50. The molecule has 1 amide bonds. The maximum absolute atomic E-state index is 11.5. The molecule has 5 nitrogen and oxygen atoms in total. The quantitative estimate of drug-likeness (QED) is 0.444. The highest BCUT2D eigenvalue weighted by Crippen LogP contribution is 2.20. The Kier molecular flexibility index (Phi) is 8.57. The van der Waals surface area contributed by atoms with Crippen molar-refractivity contribution in [2.75, 3.05) is 38.5 Å². The summed E-state index contributed by atoms with van der Waals surface area (Å²) in [5.41, 5.74) is 0. The van der Waals surface area contributed by atoms with Gasteiger partial charge in [-0.2, -0.15) is 11.8 Å². The van der Waals surface area contributed by atoms with Crippen LogP contribution in [0.15, 0.2) is 4.99 Å². The van der Waals surface area contributed by atoms with E-state index >= 15 is 0 Å². The number of thioether (sulfide) groups is 1. The lowest BCUT2D eigenvalue weighted by Crippen LogP contribution is -2.48. The van der Waals surface area contributed by atoms with Gasteiger partial charge in [0.15, 0.2) is 5.96 Å². The van der Waals surface area contributed by atoms with E-state index in [1.165, 1.54) is 6.42 Å². The zero-order valence-electron chi connectivity index (χ0n) is 13.8. The lowest BCUT2D eigenvalue weighted by Gasteiger charge is -2.34. The first-order valence-electron chi connectivity index (χ1n) is 8.01. The second-order valence-electron chi connectivity index (χ2n) is 5.53. The Labute approximate surface area is 133 Å².